The first-order chi connectivity index (χ1) is 9.65. The fourth-order valence-corrected chi connectivity index (χ4v) is 3.25. The summed E-state index contributed by atoms with van der Waals surface area (Å²) in [6.07, 6.45) is 10.7. The molecule has 0 spiro atoms. The molecule has 1 saturated carbocycles. The number of aliphatic hydroxyl groups is 1. The van der Waals surface area contributed by atoms with E-state index in [0.717, 1.165) is 25.7 Å². The smallest absolute Gasteiger partial charge is 0.238 e. The summed E-state index contributed by atoms with van der Waals surface area (Å²) < 4.78 is 0. The third-order valence-electron chi connectivity index (χ3n) is 4.49. The Morgan fingerprint density at radius 3 is 2.60 bits per heavy atom. The molecule has 0 aromatic rings. The molecule has 5 heteroatoms. The summed E-state index contributed by atoms with van der Waals surface area (Å²) in [6, 6.07) is 1.45. The Morgan fingerprint density at radius 1 is 1.40 bits per heavy atom. The van der Waals surface area contributed by atoms with E-state index in [2.05, 4.69) is 17.3 Å². The number of hydrogen-bond acceptors (Lipinski definition) is 4. The summed E-state index contributed by atoms with van der Waals surface area (Å²) in [5.41, 5.74) is -0.330. The molecule has 20 heavy (non-hydrogen) atoms. The molecule has 2 aliphatic rings. The third kappa shape index (κ3) is 2.80. The Labute approximate surface area is 119 Å². The third-order valence-corrected chi connectivity index (χ3v) is 4.49. The molecule has 2 rings (SSSR count). The maximum atomic E-state index is 12.3. The van der Waals surface area contributed by atoms with Crippen LogP contribution in [0.25, 0.3) is 0 Å². The Kier molecular flexibility index (Phi) is 4.65. The predicted octanol–water partition coefficient (Wildman–Crippen LogP) is 0.397. The molecule has 1 amide bonds. The van der Waals surface area contributed by atoms with E-state index in [4.69, 9.17) is 11.7 Å². The average Bonchev–Trinajstić information content (AvgIpc) is 3.11. The minimum absolute atomic E-state index is 0.0422. The van der Waals surface area contributed by atoms with Crippen molar-refractivity contribution in [2.75, 3.05) is 13.2 Å². The predicted molar refractivity (Wildman–Crippen MR) is 74.4 cm³/mol. The molecule has 2 N–H and O–H groups in total. The van der Waals surface area contributed by atoms with Crippen LogP contribution in [0.5, 0.6) is 0 Å². The van der Waals surface area contributed by atoms with E-state index in [1.807, 2.05) is 0 Å². The Hall–Kier alpha value is -1.56. The van der Waals surface area contributed by atoms with Gasteiger partial charge in [0.1, 0.15) is 6.04 Å². The van der Waals surface area contributed by atoms with Gasteiger partial charge in [-0.25, -0.2) is 0 Å². The standard InChI is InChI=1S/C15H21N3O2/c1-2-12-5-6-13(9-16)18(12)14(20)10-17-15(11-19)7-3-4-8-15/h1,12-13,17,19H,3-8,10-11H2. The number of nitrogens with zero attached hydrogens (tertiary/aromatic N) is 2. The quantitative estimate of drug-likeness (QED) is 0.728. The van der Waals surface area contributed by atoms with Crippen molar-refractivity contribution in [2.24, 2.45) is 0 Å². The number of nitriles is 1. The van der Waals surface area contributed by atoms with Gasteiger partial charge in [-0.3, -0.25) is 4.79 Å². The average molecular weight is 275 g/mol. The van der Waals surface area contributed by atoms with Crippen LogP contribution in [-0.2, 0) is 4.79 Å². The van der Waals surface area contributed by atoms with Gasteiger partial charge < -0.3 is 15.3 Å². The monoisotopic (exact) mass is 275 g/mol. The van der Waals surface area contributed by atoms with Gasteiger partial charge in [-0.1, -0.05) is 18.8 Å². The summed E-state index contributed by atoms with van der Waals surface area (Å²) in [5, 5.41) is 21.8. The first-order valence-electron chi connectivity index (χ1n) is 7.18. The molecular formula is C15H21N3O2. The van der Waals surface area contributed by atoms with Gasteiger partial charge in [0.05, 0.1) is 25.3 Å². The second kappa shape index (κ2) is 6.26. The summed E-state index contributed by atoms with van der Waals surface area (Å²) in [7, 11) is 0. The summed E-state index contributed by atoms with van der Waals surface area (Å²) in [4.78, 5) is 13.9. The summed E-state index contributed by atoms with van der Waals surface area (Å²) >= 11 is 0. The number of amides is 1. The van der Waals surface area contributed by atoms with Crippen LogP contribution in [0.1, 0.15) is 38.5 Å². The molecular weight excluding hydrogens is 254 g/mol. The van der Waals surface area contributed by atoms with E-state index in [-0.39, 0.29) is 30.6 Å². The van der Waals surface area contributed by atoms with Gasteiger partial charge in [0, 0.05) is 5.54 Å². The van der Waals surface area contributed by atoms with Gasteiger partial charge in [-0.2, -0.15) is 5.26 Å². The lowest BCUT2D eigenvalue weighted by Crippen LogP contribution is -2.52. The van der Waals surface area contributed by atoms with E-state index in [1.54, 1.807) is 0 Å². The molecule has 1 saturated heterocycles. The normalized spacial score (nSPS) is 28.1. The number of nitrogens with one attached hydrogen (secondary N) is 1. The number of rotatable bonds is 4. The van der Waals surface area contributed by atoms with Gasteiger partial charge in [0.2, 0.25) is 5.91 Å². The number of carbonyl (C=O) groups excluding carboxylic acids is 1. The topological polar surface area (TPSA) is 76.4 Å². The fraction of sp³-hybridized carbons (Fsp3) is 0.733. The fourth-order valence-electron chi connectivity index (χ4n) is 3.25. The number of likely N-dealkylation sites (tertiary alicyclic amines) is 1. The minimum Gasteiger partial charge on any atom is -0.394 e. The van der Waals surface area contributed by atoms with Crippen molar-refractivity contribution in [1.82, 2.24) is 10.2 Å². The molecule has 0 aromatic carbocycles. The molecule has 2 atom stereocenters. The van der Waals surface area contributed by atoms with Crippen molar-refractivity contribution in [3.63, 3.8) is 0 Å². The van der Waals surface area contributed by atoms with Gasteiger partial charge in [0.25, 0.3) is 0 Å². The lowest BCUT2D eigenvalue weighted by Gasteiger charge is -2.30. The van der Waals surface area contributed by atoms with E-state index < -0.39 is 6.04 Å². The number of carbonyl (C=O) groups is 1. The van der Waals surface area contributed by atoms with Crippen LogP contribution in [0.4, 0.5) is 0 Å². The first kappa shape index (κ1) is 14.8. The first-order valence-corrected chi connectivity index (χ1v) is 7.18. The van der Waals surface area contributed by atoms with E-state index >= 15 is 0 Å². The zero-order chi connectivity index (χ0) is 14.6. The van der Waals surface area contributed by atoms with Crippen molar-refractivity contribution >= 4 is 5.91 Å². The molecule has 1 heterocycles. The molecule has 1 aliphatic carbocycles. The minimum atomic E-state index is -0.418. The van der Waals surface area contributed by atoms with Crippen molar-refractivity contribution in [1.29, 1.82) is 5.26 Å². The maximum absolute atomic E-state index is 12.3. The van der Waals surface area contributed by atoms with E-state index in [9.17, 15) is 9.90 Å². The highest BCUT2D eigenvalue weighted by molar-refractivity contribution is 5.80. The SMILES string of the molecule is C#CC1CCC(C#N)N1C(=O)CNC1(CO)CCCC1. The Morgan fingerprint density at radius 2 is 2.05 bits per heavy atom. The lowest BCUT2D eigenvalue weighted by molar-refractivity contribution is -0.131. The largest absolute Gasteiger partial charge is 0.394 e. The molecule has 2 unspecified atom stereocenters. The van der Waals surface area contributed by atoms with Crippen LogP contribution in [0.3, 0.4) is 0 Å². The van der Waals surface area contributed by atoms with Gasteiger partial charge >= 0.3 is 0 Å². The van der Waals surface area contributed by atoms with Crippen LogP contribution in [-0.4, -0.2) is 46.7 Å². The Bertz CT molecular complexity index is 421. The van der Waals surface area contributed by atoms with E-state index in [0.29, 0.717) is 12.8 Å². The molecule has 108 valence electrons. The molecule has 0 bridgehead atoms. The summed E-state index contributed by atoms with van der Waals surface area (Å²) in [5.74, 6) is 2.45. The second-order valence-electron chi connectivity index (χ2n) is 5.70. The molecule has 0 radical (unpaired) electrons. The Balaban J connectivity index is 1.97. The summed E-state index contributed by atoms with van der Waals surface area (Å²) in [6.45, 7) is 0.178. The van der Waals surface area contributed by atoms with Crippen molar-refractivity contribution in [2.45, 2.75) is 56.1 Å². The molecule has 0 aromatic heterocycles. The molecule has 5 nitrogen and oxygen atoms in total. The highest BCUT2D eigenvalue weighted by Crippen LogP contribution is 2.29. The molecule has 2 fully saturated rings. The highest BCUT2D eigenvalue weighted by atomic mass is 16.3. The highest BCUT2D eigenvalue weighted by Gasteiger charge is 2.38. The van der Waals surface area contributed by atoms with Crippen molar-refractivity contribution < 1.29 is 9.90 Å². The van der Waals surface area contributed by atoms with Crippen molar-refractivity contribution in [3.8, 4) is 18.4 Å². The number of terminal acetylenes is 1. The van der Waals surface area contributed by atoms with Gasteiger partial charge in [-0.15, -0.1) is 6.42 Å². The zero-order valence-corrected chi connectivity index (χ0v) is 11.6. The van der Waals surface area contributed by atoms with Crippen LogP contribution >= 0.6 is 0 Å². The van der Waals surface area contributed by atoms with Crippen LogP contribution < -0.4 is 5.32 Å². The zero-order valence-electron chi connectivity index (χ0n) is 11.6. The van der Waals surface area contributed by atoms with Gasteiger partial charge in [-0.05, 0) is 25.7 Å². The van der Waals surface area contributed by atoms with Gasteiger partial charge in [0.15, 0.2) is 0 Å². The van der Waals surface area contributed by atoms with Crippen molar-refractivity contribution in [3.05, 3.63) is 0 Å². The molecule has 1 aliphatic heterocycles. The number of hydrogen-bond donors (Lipinski definition) is 2. The van der Waals surface area contributed by atoms with Crippen LogP contribution in [0.2, 0.25) is 0 Å². The number of aliphatic hydroxyl groups excluding tert-OH is 1. The van der Waals surface area contributed by atoms with Crippen LogP contribution in [0, 0.1) is 23.7 Å². The second-order valence-corrected chi connectivity index (χ2v) is 5.70. The van der Waals surface area contributed by atoms with E-state index in [1.165, 1.54) is 4.90 Å². The van der Waals surface area contributed by atoms with Crippen LogP contribution in [0.15, 0.2) is 0 Å². The maximum Gasteiger partial charge on any atom is 0.238 e. The lowest BCUT2D eigenvalue weighted by atomic mass is 9.99.